The van der Waals surface area contributed by atoms with Crippen molar-refractivity contribution in [2.45, 2.75) is 42.6 Å². The Balaban J connectivity index is 1.21. The van der Waals surface area contributed by atoms with E-state index in [9.17, 15) is 9.18 Å². The highest BCUT2D eigenvalue weighted by atomic mass is 35.5. The monoisotopic (exact) mass is 549 g/mol. The Kier molecular flexibility index (Phi) is 5.80. The largest absolute Gasteiger partial charge is 0.325 e. The fourth-order valence-corrected chi connectivity index (χ4v) is 5.30. The van der Waals surface area contributed by atoms with Gasteiger partial charge in [0, 0.05) is 43.1 Å². The zero-order valence-electron chi connectivity index (χ0n) is 20.7. The van der Waals surface area contributed by atoms with Crippen LogP contribution in [0.15, 0.2) is 47.8 Å². The number of amides is 1. The first-order valence-electron chi connectivity index (χ1n) is 12.8. The SMILES string of the molecule is O=C(Nc1ccc(F)nc1)[C@@H]1C[C@H](N2CC(Cl)C=N2)CN1c1nc(Nc2cc(C3CC3)[nH]n2)c2cccn2n1. The van der Waals surface area contributed by atoms with Gasteiger partial charge in [0.15, 0.2) is 11.6 Å². The molecule has 1 amide bonds. The van der Waals surface area contributed by atoms with Crippen LogP contribution in [0.5, 0.6) is 0 Å². The van der Waals surface area contributed by atoms with Crippen LogP contribution >= 0.6 is 11.6 Å². The Morgan fingerprint density at radius 3 is 2.87 bits per heavy atom. The van der Waals surface area contributed by atoms with E-state index in [1.165, 1.54) is 31.2 Å². The van der Waals surface area contributed by atoms with Gasteiger partial charge in [0.2, 0.25) is 17.8 Å². The third-order valence-corrected chi connectivity index (χ3v) is 7.48. The van der Waals surface area contributed by atoms with Crippen LogP contribution in [0.3, 0.4) is 0 Å². The molecule has 12 nitrogen and oxygen atoms in total. The van der Waals surface area contributed by atoms with Crippen LogP contribution in [0.4, 0.5) is 27.7 Å². The summed E-state index contributed by atoms with van der Waals surface area (Å²) in [5.74, 6) is 1.27. The zero-order chi connectivity index (χ0) is 26.5. The molecule has 1 saturated carbocycles. The second-order valence-corrected chi connectivity index (χ2v) is 10.6. The van der Waals surface area contributed by atoms with E-state index < -0.39 is 12.0 Å². The molecule has 3 N–H and O–H groups in total. The summed E-state index contributed by atoms with van der Waals surface area (Å²) in [6.45, 7) is 1.02. The number of nitrogens with one attached hydrogen (secondary N) is 3. The maximum Gasteiger partial charge on any atom is 0.247 e. The molecule has 1 aliphatic carbocycles. The minimum Gasteiger partial charge on any atom is -0.325 e. The number of fused-ring (bicyclic) bond motifs is 1. The first-order valence-corrected chi connectivity index (χ1v) is 13.3. The summed E-state index contributed by atoms with van der Waals surface area (Å²) >= 11 is 6.27. The van der Waals surface area contributed by atoms with Gasteiger partial charge in [-0.05, 0) is 37.1 Å². The summed E-state index contributed by atoms with van der Waals surface area (Å²) < 4.78 is 15.0. The molecule has 2 aliphatic heterocycles. The van der Waals surface area contributed by atoms with Crippen LogP contribution < -0.4 is 15.5 Å². The van der Waals surface area contributed by atoms with Gasteiger partial charge in [0.25, 0.3) is 0 Å². The highest BCUT2D eigenvalue weighted by molar-refractivity contribution is 6.28. The lowest BCUT2D eigenvalue weighted by atomic mass is 10.1. The second kappa shape index (κ2) is 9.49. The number of alkyl halides is 1. The van der Waals surface area contributed by atoms with Gasteiger partial charge in [-0.1, -0.05) is 0 Å². The molecular formula is C25H25ClFN11O. The van der Waals surface area contributed by atoms with Crippen LogP contribution in [0.25, 0.3) is 5.52 Å². The van der Waals surface area contributed by atoms with Crippen molar-refractivity contribution in [2.24, 2.45) is 5.10 Å². The van der Waals surface area contributed by atoms with Gasteiger partial charge in [0.05, 0.1) is 29.8 Å². The number of anilines is 4. The summed E-state index contributed by atoms with van der Waals surface area (Å²) in [7, 11) is 0. The fourth-order valence-electron chi connectivity index (χ4n) is 5.11. The van der Waals surface area contributed by atoms with E-state index in [1.807, 2.05) is 34.3 Å². The minimum atomic E-state index is -0.618. The Morgan fingerprint density at radius 1 is 1.21 bits per heavy atom. The molecule has 3 atom stereocenters. The molecular weight excluding hydrogens is 525 g/mol. The molecule has 200 valence electrons. The van der Waals surface area contributed by atoms with Crippen LogP contribution in [-0.4, -0.2) is 77.5 Å². The van der Waals surface area contributed by atoms with Crippen molar-refractivity contribution in [3.8, 4) is 0 Å². The lowest BCUT2D eigenvalue weighted by molar-refractivity contribution is -0.117. The highest BCUT2D eigenvalue weighted by Crippen LogP contribution is 2.40. The summed E-state index contributed by atoms with van der Waals surface area (Å²) in [5.41, 5.74) is 2.29. The van der Waals surface area contributed by atoms with Gasteiger partial charge in [-0.3, -0.25) is 14.9 Å². The lowest BCUT2D eigenvalue weighted by Gasteiger charge is -2.25. The number of aromatic nitrogens is 6. The smallest absolute Gasteiger partial charge is 0.247 e. The second-order valence-electron chi connectivity index (χ2n) is 10.0. The van der Waals surface area contributed by atoms with Crippen LogP contribution in [0.2, 0.25) is 0 Å². The van der Waals surface area contributed by atoms with E-state index in [1.54, 1.807) is 10.7 Å². The molecule has 39 heavy (non-hydrogen) atoms. The molecule has 4 aromatic heterocycles. The van der Waals surface area contributed by atoms with Gasteiger partial charge in [0.1, 0.15) is 11.6 Å². The molecule has 0 spiro atoms. The number of rotatable bonds is 7. The third kappa shape index (κ3) is 4.73. The number of hydrogen-bond acceptors (Lipinski definition) is 9. The number of hydrogen-bond donors (Lipinski definition) is 3. The normalized spacial score (nSPS) is 22.7. The minimum absolute atomic E-state index is 0.0834. The lowest BCUT2D eigenvalue weighted by Crippen LogP contribution is -2.41. The molecule has 3 aliphatic rings. The summed E-state index contributed by atoms with van der Waals surface area (Å²) in [4.78, 5) is 23.9. The van der Waals surface area contributed by atoms with Crippen molar-refractivity contribution >= 4 is 52.5 Å². The van der Waals surface area contributed by atoms with Crippen LogP contribution in [0, 0.1) is 5.95 Å². The molecule has 14 heteroatoms. The van der Waals surface area contributed by atoms with Crippen molar-refractivity contribution in [2.75, 3.05) is 28.6 Å². The average molecular weight is 550 g/mol. The molecule has 2 fully saturated rings. The van der Waals surface area contributed by atoms with Gasteiger partial charge in [-0.25, -0.2) is 9.50 Å². The summed E-state index contributed by atoms with van der Waals surface area (Å²) in [5, 5.41) is 24.6. The molecule has 7 rings (SSSR count). The molecule has 6 heterocycles. The third-order valence-electron chi connectivity index (χ3n) is 7.23. The number of carbonyl (C=O) groups is 1. The van der Waals surface area contributed by atoms with E-state index >= 15 is 0 Å². The topological polar surface area (TPSA) is 132 Å². The van der Waals surface area contributed by atoms with E-state index in [4.69, 9.17) is 21.7 Å². The predicted octanol–water partition coefficient (Wildman–Crippen LogP) is 3.10. The van der Waals surface area contributed by atoms with Crippen molar-refractivity contribution in [3.05, 3.63) is 54.4 Å². The number of pyridine rings is 1. The van der Waals surface area contributed by atoms with Crippen molar-refractivity contribution in [1.29, 1.82) is 0 Å². The van der Waals surface area contributed by atoms with Gasteiger partial charge in [-0.15, -0.1) is 16.7 Å². The first-order chi connectivity index (χ1) is 19.0. The van der Waals surface area contributed by atoms with Gasteiger partial charge >= 0.3 is 0 Å². The van der Waals surface area contributed by atoms with E-state index in [2.05, 4.69) is 30.9 Å². The maximum atomic E-state index is 13.5. The first kappa shape index (κ1) is 23.8. The average Bonchev–Trinajstić information content (AvgIpc) is 3.33. The van der Waals surface area contributed by atoms with Gasteiger partial charge < -0.3 is 15.5 Å². The summed E-state index contributed by atoms with van der Waals surface area (Å²) in [6.07, 6.45) is 7.64. The number of halogens is 2. The molecule has 0 bridgehead atoms. The number of aromatic amines is 1. The van der Waals surface area contributed by atoms with Crippen molar-refractivity contribution in [1.82, 2.24) is 34.8 Å². The van der Waals surface area contributed by atoms with Crippen LogP contribution in [0.1, 0.15) is 30.9 Å². The molecule has 0 aromatic carbocycles. The van der Waals surface area contributed by atoms with Gasteiger partial charge in [-0.2, -0.15) is 19.6 Å². The Hall–Kier alpha value is -4.26. The van der Waals surface area contributed by atoms with E-state index in [-0.39, 0.29) is 17.3 Å². The Morgan fingerprint density at radius 2 is 2.10 bits per heavy atom. The molecule has 1 saturated heterocycles. The molecule has 0 radical (unpaired) electrons. The Labute approximate surface area is 227 Å². The van der Waals surface area contributed by atoms with E-state index in [0.29, 0.717) is 48.7 Å². The summed E-state index contributed by atoms with van der Waals surface area (Å²) in [6, 6.07) is 7.79. The van der Waals surface area contributed by atoms with Crippen molar-refractivity contribution in [3.63, 3.8) is 0 Å². The standard InChI is InChI=1S/C25H25ClFN11O/c26-15-10-29-38(12-15)17-8-20(24(39)30-16-5-6-21(27)28-11-16)36(13-17)25-32-23(19-2-1-7-37(19)35-25)31-22-9-18(33-34-22)14-3-4-14/h1-2,5-7,9-11,14-15,17,20H,3-4,8,12-13H2,(H,30,39)(H2,31,32,33,34,35)/t15?,17-,20-/m0/s1. The zero-order valence-corrected chi connectivity index (χ0v) is 21.5. The van der Waals surface area contributed by atoms with Crippen LogP contribution in [-0.2, 0) is 4.79 Å². The molecule has 4 aromatic rings. The number of nitrogens with zero attached hydrogens (tertiary/aromatic N) is 8. The fraction of sp³-hybridized carbons (Fsp3) is 0.360. The number of H-pyrrole nitrogens is 1. The number of carbonyl (C=O) groups excluding carboxylic acids is 1. The predicted molar refractivity (Wildman–Crippen MR) is 144 cm³/mol. The molecule has 1 unspecified atom stereocenters. The number of hydrazone groups is 1. The highest BCUT2D eigenvalue weighted by Gasteiger charge is 2.42. The quantitative estimate of drug-likeness (QED) is 0.237. The van der Waals surface area contributed by atoms with Crippen molar-refractivity contribution < 1.29 is 9.18 Å². The van der Waals surface area contributed by atoms with E-state index in [0.717, 1.165) is 11.2 Å². The Bertz CT molecular complexity index is 1550. The maximum absolute atomic E-state index is 13.5.